The van der Waals surface area contributed by atoms with Crippen LogP contribution in [-0.2, 0) is 6.18 Å². The van der Waals surface area contributed by atoms with Crippen LogP contribution in [0.25, 0.3) is 10.2 Å². The summed E-state index contributed by atoms with van der Waals surface area (Å²) in [4.78, 5) is 18.7. The number of alkyl halides is 3. The van der Waals surface area contributed by atoms with Crippen molar-refractivity contribution in [3.05, 3.63) is 53.6 Å². The highest BCUT2D eigenvalue weighted by molar-refractivity contribution is 7.20. The lowest BCUT2D eigenvalue weighted by Crippen LogP contribution is -2.41. The molecule has 0 atom stereocenters. The Hall–Kier alpha value is -2.81. The van der Waals surface area contributed by atoms with E-state index in [1.807, 2.05) is 18.2 Å². The average molecular weight is 436 g/mol. The Balaban J connectivity index is 1.35. The molecule has 0 aliphatic carbocycles. The summed E-state index contributed by atoms with van der Waals surface area (Å²) in [5.74, 6) is 0.488. The number of ether oxygens (including phenoxy) is 2. The van der Waals surface area contributed by atoms with Gasteiger partial charge in [0.15, 0.2) is 0 Å². The summed E-state index contributed by atoms with van der Waals surface area (Å²) in [6.45, 7) is 0.951. The molecule has 2 heterocycles. The molecule has 3 aromatic rings. The molecule has 0 radical (unpaired) electrons. The quantitative estimate of drug-likeness (QED) is 0.577. The number of likely N-dealkylation sites (tertiary alicyclic amines) is 1. The molecule has 0 saturated carbocycles. The molecule has 0 unspecified atom stereocenters. The van der Waals surface area contributed by atoms with Gasteiger partial charge in [0.2, 0.25) is 0 Å². The first-order chi connectivity index (χ1) is 14.3. The third-order valence-corrected chi connectivity index (χ3v) is 5.94. The van der Waals surface area contributed by atoms with Crippen LogP contribution in [0.3, 0.4) is 0 Å². The summed E-state index contributed by atoms with van der Waals surface area (Å²) in [7, 11) is 1.61. The second kappa shape index (κ2) is 8.14. The fraction of sp³-hybridized carbons (Fsp3) is 0.333. The minimum atomic E-state index is -4.41. The Morgan fingerprint density at radius 2 is 1.83 bits per heavy atom. The van der Waals surface area contributed by atoms with Gasteiger partial charge >= 0.3 is 6.18 Å². The van der Waals surface area contributed by atoms with Gasteiger partial charge in [-0.1, -0.05) is 11.3 Å². The van der Waals surface area contributed by atoms with E-state index in [1.54, 1.807) is 12.0 Å². The zero-order valence-corrected chi connectivity index (χ0v) is 16.9. The number of halogens is 3. The van der Waals surface area contributed by atoms with Crippen LogP contribution in [0.4, 0.5) is 13.2 Å². The number of hydrogen-bond donors (Lipinski definition) is 0. The van der Waals surface area contributed by atoms with Gasteiger partial charge in [-0.25, -0.2) is 4.98 Å². The van der Waals surface area contributed by atoms with E-state index in [2.05, 4.69) is 4.98 Å². The molecule has 2 aromatic carbocycles. The van der Waals surface area contributed by atoms with Crippen molar-refractivity contribution in [2.24, 2.45) is 0 Å². The van der Waals surface area contributed by atoms with Crippen molar-refractivity contribution in [3.63, 3.8) is 0 Å². The number of carbonyl (C=O) groups is 1. The van der Waals surface area contributed by atoms with Crippen molar-refractivity contribution in [1.82, 2.24) is 9.88 Å². The van der Waals surface area contributed by atoms with Crippen LogP contribution in [0, 0.1) is 0 Å². The number of rotatable bonds is 4. The summed E-state index contributed by atoms with van der Waals surface area (Å²) >= 11 is 1.44. The summed E-state index contributed by atoms with van der Waals surface area (Å²) in [5.41, 5.74) is 0.327. The van der Waals surface area contributed by atoms with Crippen molar-refractivity contribution in [3.8, 4) is 10.9 Å². The van der Waals surface area contributed by atoms with E-state index in [9.17, 15) is 18.0 Å². The normalized spacial score (nSPS) is 15.4. The number of hydrogen-bond acceptors (Lipinski definition) is 5. The molecule has 30 heavy (non-hydrogen) atoms. The van der Waals surface area contributed by atoms with E-state index < -0.39 is 11.7 Å². The highest BCUT2D eigenvalue weighted by Crippen LogP contribution is 2.32. The number of methoxy groups -OCH3 is 1. The van der Waals surface area contributed by atoms with E-state index >= 15 is 0 Å². The van der Waals surface area contributed by atoms with Gasteiger partial charge in [0, 0.05) is 31.5 Å². The zero-order chi connectivity index (χ0) is 21.3. The number of carbonyl (C=O) groups excluding carboxylic acids is 1. The number of aromatic nitrogens is 1. The molecule has 1 aliphatic heterocycles. The molecule has 1 fully saturated rings. The monoisotopic (exact) mass is 436 g/mol. The van der Waals surface area contributed by atoms with E-state index in [1.165, 1.54) is 23.5 Å². The number of nitrogens with zero attached hydrogens (tertiary/aromatic N) is 2. The Bertz CT molecular complexity index is 1040. The molecule has 5 nitrogen and oxygen atoms in total. The molecule has 1 aromatic heterocycles. The van der Waals surface area contributed by atoms with Gasteiger partial charge in [-0.2, -0.15) is 13.2 Å². The smallest absolute Gasteiger partial charge is 0.416 e. The van der Waals surface area contributed by atoms with E-state index in [4.69, 9.17) is 9.47 Å². The van der Waals surface area contributed by atoms with Gasteiger partial charge in [0.05, 0.1) is 22.9 Å². The number of piperidine rings is 1. The highest BCUT2D eigenvalue weighted by Gasteiger charge is 2.31. The van der Waals surface area contributed by atoms with Crippen molar-refractivity contribution in [1.29, 1.82) is 0 Å². The summed E-state index contributed by atoms with van der Waals surface area (Å²) < 4.78 is 50.2. The molecule has 9 heteroatoms. The van der Waals surface area contributed by atoms with Gasteiger partial charge in [-0.15, -0.1) is 0 Å². The van der Waals surface area contributed by atoms with Crippen LogP contribution >= 0.6 is 11.3 Å². The lowest BCUT2D eigenvalue weighted by Gasteiger charge is -2.31. The number of amides is 1. The minimum absolute atomic E-state index is 0.0656. The van der Waals surface area contributed by atoms with E-state index in [-0.39, 0.29) is 17.6 Å². The second-order valence-electron chi connectivity index (χ2n) is 7.00. The maximum absolute atomic E-state index is 12.7. The first kappa shape index (κ1) is 20.5. The van der Waals surface area contributed by atoms with E-state index in [0.717, 1.165) is 28.1 Å². The van der Waals surface area contributed by atoms with Crippen molar-refractivity contribution < 1.29 is 27.4 Å². The van der Waals surface area contributed by atoms with Crippen molar-refractivity contribution >= 4 is 27.5 Å². The molecule has 0 bridgehead atoms. The Morgan fingerprint density at radius 1 is 1.13 bits per heavy atom. The largest absolute Gasteiger partial charge is 0.497 e. The van der Waals surface area contributed by atoms with Gasteiger partial charge in [0.1, 0.15) is 11.9 Å². The zero-order valence-electron chi connectivity index (χ0n) is 16.1. The molecule has 1 saturated heterocycles. The maximum atomic E-state index is 12.7. The molecule has 1 amide bonds. The standard InChI is InChI=1S/C21H19F3N2O3S/c1-28-16-6-7-17-18(12-16)30-20(25-17)29-15-8-10-26(11-9-15)19(27)13-2-4-14(5-3-13)21(22,23)24/h2-7,12,15H,8-11H2,1H3. The fourth-order valence-corrected chi connectivity index (χ4v) is 4.27. The van der Waals surface area contributed by atoms with Gasteiger partial charge < -0.3 is 14.4 Å². The summed E-state index contributed by atoms with van der Waals surface area (Å²) in [5, 5.41) is 0.575. The van der Waals surface area contributed by atoms with Gasteiger partial charge in [-0.3, -0.25) is 4.79 Å². The third-order valence-electron chi connectivity index (χ3n) is 5.03. The number of thiazole rings is 1. The van der Waals surface area contributed by atoms with Crippen LogP contribution in [0.5, 0.6) is 10.9 Å². The van der Waals surface area contributed by atoms with Crippen LogP contribution in [-0.4, -0.2) is 42.1 Å². The first-order valence-corrected chi connectivity index (χ1v) is 10.2. The minimum Gasteiger partial charge on any atom is -0.497 e. The molecular weight excluding hydrogens is 417 g/mol. The topological polar surface area (TPSA) is 51.7 Å². The average Bonchev–Trinajstić information content (AvgIpc) is 3.14. The van der Waals surface area contributed by atoms with Crippen molar-refractivity contribution in [2.45, 2.75) is 25.1 Å². The highest BCUT2D eigenvalue weighted by atomic mass is 32.1. The van der Waals surface area contributed by atoms with Crippen LogP contribution in [0.2, 0.25) is 0 Å². The Morgan fingerprint density at radius 3 is 2.47 bits per heavy atom. The Labute approximate surface area is 175 Å². The summed E-state index contributed by atoms with van der Waals surface area (Å²) in [6.07, 6.45) is -3.22. The molecule has 4 rings (SSSR count). The van der Waals surface area contributed by atoms with Crippen LogP contribution in [0.15, 0.2) is 42.5 Å². The fourth-order valence-electron chi connectivity index (χ4n) is 3.36. The second-order valence-corrected chi connectivity index (χ2v) is 7.99. The molecular formula is C21H19F3N2O3S. The van der Waals surface area contributed by atoms with Crippen LogP contribution < -0.4 is 9.47 Å². The Kier molecular flexibility index (Phi) is 5.55. The molecule has 0 N–H and O–H groups in total. The molecule has 158 valence electrons. The van der Waals surface area contributed by atoms with E-state index in [0.29, 0.717) is 31.1 Å². The predicted molar refractivity (Wildman–Crippen MR) is 107 cm³/mol. The maximum Gasteiger partial charge on any atom is 0.416 e. The number of fused-ring (bicyclic) bond motifs is 1. The lowest BCUT2D eigenvalue weighted by molar-refractivity contribution is -0.137. The van der Waals surface area contributed by atoms with Gasteiger partial charge in [-0.05, 0) is 42.5 Å². The predicted octanol–water partition coefficient (Wildman–Crippen LogP) is 5.01. The summed E-state index contributed by atoms with van der Waals surface area (Å²) in [6, 6.07) is 9.95. The van der Waals surface area contributed by atoms with Gasteiger partial charge in [0.25, 0.3) is 11.1 Å². The van der Waals surface area contributed by atoms with Crippen molar-refractivity contribution in [2.75, 3.05) is 20.2 Å². The van der Waals surface area contributed by atoms with Crippen LogP contribution in [0.1, 0.15) is 28.8 Å². The molecule has 0 spiro atoms. The lowest BCUT2D eigenvalue weighted by atomic mass is 10.1. The third kappa shape index (κ3) is 4.35. The first-order valence-electron chi connectivity index (χ1n) is 9.41. The number of benzene rings is 2. The molecule has 1 aliphatic rings. The SMILES string of the molecule is COc1ccc2nc(OC3CCN(C(=O)c4ccc(C(F)(F)F)cc4)CC3)sc2c1.